The Labute approximate surface area is 122 Å². The van der Waals surface area contributed by atoms with Crippen LogP contribution in [0.3, 0.4) is 0 Å². The van der Waals surface area contributed by atoms with E-state index in [4.69, 9.17) is 0 Å². The Bertz CT molecular complexity index is 744. The maximum absolute atomic E-state index is 12.3. The van der Waals surface area contributed by atoms with Crippen LogP contribution in [0.1, 0.15) is 21.7 Å². The van der Waals surface area contributed by atoms with Crippen LogP contribution >= 0.6 is 0 Å². The van der Waals surface area contributed by atoms with E-state index < -0.39 is 10.0 Å². The largest absolute Gasteiger partial charge is 0.355 e. The molecule has 0 aliphatic rings. The topological polar surface area (TPSA) is 104 Å². The zero-order chi connectivity index (χ0) is 15.6. The van der Waals surface area contributed by atoms with Gasteiger partial charge in [-0.2, -0.15) is 5.10 Å². The summed E-state index contributed by atoms with van der Waals surface area (Å²) in [6.45, 7) is 3.43. The van der Waals surface area contributed by atoms with Gasteiger partial charge >= 0.3 is 0 Å². The van der Waals surface area contributed by atoms with E-state index in [1.165, 1.54) is 31.3 Å². The van der Waals surface area contributed by atoms with Crippen LogP contribution in [0, 0.1) is 13.8 Å². The number of aromatic amines is 1. The highest BCUT2D eigenvalue weighted by molar-refractivity contribution is 7.92. The minimum Gasteiger partial charge on any atom is -0.355 e. The van der Waals surface area contributed by atoms with E-state index in [-0.39, 0.29) is 10.8 Å². The van der Waals surface area contributed by atoms with Crippen LogP contribution in [0.25, 0.3) is 0 Å². The van der Waals surface area contributed by atoms with Crippen molar-refractivity contribution in [3.05, 3.63) is 41.2 Å². The van der Waals surface area contributed by atoms with E-state index in [9.17, 15) is 13.2 Å². The second-order valence-electron chi connectivity index (χ2n) is 4.52. The van der Waals surface area contributed by atoms with E-state index in [0.717, 1.165) is 0 Å². The third-order valence-corrected chi connectivity index (χ3v) is 4.38. The van der Waals surface area contributed by atoms with Gasteiger partial charge in [0.2, 0.25) is 0 Å². The van der Waals surface area contributed by atoms with Gasteiger partial charge in [-0.15, -0.1) is 0 Å². The number of sulfonamides is 1. The van der Waals surface area contributed by atoms with Crippen molar-refractivity contribution in [2.45, 2.75) is 18.7 Å². The highest BCUT2D eigenvalue weighted by Crippen LogP contribution is 2.21. The van der Waals surface area contributed by atoms with Gasteiger partial charge in [-0.25, -0.2) is 8.42 Å². The van der Waals surface area contributed by atoms with Crippen molar-refractivity contribution in [3.63, 3.8) is 0 Å². The van der Waals surface area contributed by atoms with Crippen LogP contribution in [0.5, 0.6) is 0 Å². The number of H-pyrrole nitrogens is 1. The summed E-state index contributed by atoms with van der Waals surface area (Å²) in [4.78, 5) is 11.5. The lowest BCUT2D eigenvalue weighted by Gasteiger charge is -2.08. The van der Waals surface area contributed by atoms with Gasteiger partial charge < -0.3 is 5.32 Å². The summed E-state index contributed by atoms with van der Waals surface area (Å²) < 4.78 is 27.1. The molecular weight excluding hydrogens is 292 g/mol. The molecule has 2 aromatic rings. The first-order valence-electron chi connectivity index (χ1n) is 6.21. The lowest BCUT2D eigenvalue weighted by molar-refractivity contribution is 0.0963. The molecule has 3 N–H and O–H groups in total. The SMILES string of the molecule is CNC(=O)c1ccc(S(=O)(=O)Nc2c(C)n[nH]c2C)cc1. The van der Waals surface area contributed by atoms with Gasteiger partial charge in [0.1, 0.15) is 0 Å². The number of carbonyl (C=O) groups excluding carboxylic acids is 1. The molecule has 1 amide bonds. The van der Waals surface area contributed by atoms with Crippen molar-refractivity contribution in [1.29, 1.82) is 0 Å². The summed E-state index contributed by atoms with van der Waals surface area (Å²) in [5.74, 6) is -0.270. The highest BCUT2D eigenvalue weighted by Gasteiger charge is 2.18. The molecule has 8 heteroatoms. The van der Waals surface area contributed by atoms with Crippen LogP contribution in [0.15, 0.2) is 29.2 Å². The molecule has 0 fully saturated rings. The molecule has 0 saturated carbocycles. The molecule has 0 radical (unpaired) electrons. The van der Waals surface area contributed by atoms with Crippen molar-refractivity contribution < 1.29 is 13.2 Å². The standard InChI is InChI=1S/C13H16N4O3S/c1-8-12(9(2)16-15-8)17-21(19,20)11-6-4-10(5-7-11)13(18)14-3/h4-7,17H,1-3H3,(H,14,18)(H,15,16). The smallest absolute Gasteiger partial charge is 0.262 e. The Morgan fingerprint density at radius 1 is 1.19 bits per heavy atom. The average molecular weight is 308 g/mol. The summed E-state index contributed by atoms with van der Waals surface area (Å²) in [7, 11) is -2.21. The molecule has 0 atom stereocenters. The fourth-order valence-electron chi connectivity index (χ4n) is 1.82. The molecule has 0 spiro atoms. The highest BCUT2D eigenvalue weighted by atomic mass is 32.2. The Morgan fingerprint density at radius 3 is 2.29 bits per heavy atom. The van der Waals surface area contributed by atoms with E-state index in [1.807, 2.05) is 0 Å². The van der Waals surface area contributed by atoms with E-state index in [2.05, 4.69) is 20.2 Å². The van der Waals surface area contributed by atoms with Crippen LogP contribution in [-0.2, 0) is 10.0 Å². The fourth-order valence-corrected chi connectivity index (χ4v) is 3.01. The van der Waals surface area contributed by atoms with Crippen LogP contribution < -0.4 is 10.0 Å². The first-order valence-corrected chi connectivity index (χ1v) is 7.70. The van der Waals surface area contributed by atoms with Gasteiger partial charge in [0, 0.05) is 12.6 Å². The lowest BCUT2D eigenvalue weighted by Crippen LogP contribution is -2.18. The zero-order valence-electron chi connectivity index (χ0n) is 11.9. The number of nitrogens with zero attached hydrogens (tertiary/aromatic N) is 1. The number of aromatic nitrogens is 2. The number of carbonyl (C=O) groups is 1. The molecule has 0 unspecified atom stereocenters. The lowest BCUT2D eigenvalue weighted by atomic mass is 10.2. The predicted octanol–water partition coefficient (Wildman–Crippen LogP) is 1.19. The molecule has 7 nitrogen and oxygen atoms in total. The maximum Gasteiger partial charge on any atom is 0.262 e. The molecule has 1 heterocycles. The van der Waals surface area contributed by atoms with Crippen molar-refractivity contribution in [2.24, 2.45) is 0 Å². The summed E-state index contributed by atoms with van der Waals surface area (Å²) >= 11 is 0. The molecule has 2 rings (SSSR count). The van der Waals surface area contributed by atoms with Crippen molar-refractivity contribution >= 4 is 21.6 Å². The number of benzene rings is 1. The summed E-state index contributed by atoms with van der Waals surface area (Å²) in [5.41, 5.74) is 2.04. The monoisotopic (exact) mass is 308 g/mol. The fraction of sp³-hybridized carbons (Fsp3) is 0.231. The van der Waals surface area contributed by atoms with Gasteiger partial charge in [-0.1, -0.05) is 0 Å². The van der Waals surface area contributed by atoms with Crippen LogP contribution in [0.4, 0.5) is 5.69 Å². The summed E-state index contributed by atoms with van der Waals surface area (Å²) in [6, 6.07) is 5.69. The predicted molar refractivity (Wildman–Crippen MR) is 78.7 cm³/mol. The Kier molecular flexibility index (Phi) is 3.99. The normalized spacial score (nSPS) is 11.2. The second kappa shape index (κ2) is 5.57. The number of amides is 1. The molecule has 21 heavy (non-hydrogen) atoms. The second-order valence-corrected chi connectivity index (χ2v) is 6.20. The first-order chi connectivity index (χ1) is 9.85. The van der Waals surface area contributed by atoms with Gasteiger partial charge in [0.25, 0.3) is 15.9 Å². The Hall–Kier alpha value is -2.35. The molecule has 0 saturated heterocycles. The van der Waals surface area contributed by atoms with E-state index in [1.54, 1.807) is 13.8 Å². The third-order valence-electron chi connectivity index (χ3n) is 3.02. The Balaban J connectivity index is 2.30. The molecule has 1 aromatic heterocycles. The van der Waals surface area contributed by atoms with Gasteiger partial charge in [0.05, 0.1) is 22.0 Å². The van der Waals surface area contributed by atoms with Crippen molar-refractivity contribution in [3.8, 4) is 0 Å². The maximum atomic E-state index is 12.3. The molecule has 0 aliphatic carbocycles. The number of aryl methyl sites for hydroxylation is 2. The molecule has 0 bridgehead atoms. The number of anilines is 1. The molecule has 112 valence electrons. The minimum atomic E-state index is -3.72. The quantitative estimate of drug-likeness (QED) is 0.789. The van der Waals surface area contributed by atoms with Crippen molar-refractivity contribution in [1.82, 2.24) is 15.5 Å². The number of nitrogens with one attached hydrogen (secondary N) is 3. The van der Waals surface area contributed by atoms with Crippen LogP contribution in [-0.4, -0.2) is 31.6 Å². The van der Waals surface area contributed by atoms with E-state index in [0.29, 0.717) is 22.6 Å². The number of hydrogen-bond donors (Lipinski definition) is 3. The average Bonchev–Trinajstić information content (AvgIpc) is 2.78. The van der Waals surface area contributed by atoms with Crippen molar-refractivity contribution in [2.75, 3.05) is 11.8 Å². The number of hydrogen-bond acceptors (Lipinski definition) is 4. The van der Waals surface area contributed by atoms with E-state index >= 15 is 0 Å². The van der Waals surface area contributed by atoms with Gasteiger partial charge in [-0.05, 0) is 38.1 Å². The van der Waals surface area contributed by atoms with Gasteiger partial charge in [0.15, 0.2) is 0 Å². The molecular formula is C13H16N4O3S. The Morgan fingerprint density at radius 2 is 1.81 bits per heavy atom. The molecule has 0 aliphatic heterocycles. The van der Waals surface area contributed by atoms with Gasteiger partial charge in [-0.3, -0.25) is 14.6 Å². The van der Waals surface area contributed by atoms with Crippen LogP contribution in [0.2, 0.25) is 0 Å². The first kappa shape index (κ1) is 15.0. The third kappa shape index (κ3) is 3.05. The minimum absolute atomic E-state index is 0.0788. The number of rotatable bonds is 4. The summed E-state index contributed by atoms with van der Waals surface area (Å²) in [6.07, 6.45) is 0. The summed E-state index contributed by atoms with van der Waals surface area (Å²) in [5, 5.41) is 9.12. The molecule has 1 aromatic carbocycles. The zero-order valence-corrected chi connectivity index (χ0v) is 12.7.